The summed E-state index contributed by atoms with van der Waals surface area (Å²) in [5.74, 6) is 0.555. The Labute approximate surface area is 105 Å². The minimum atomic E-state index is 0.0197. The largest absolute Gasteiger partial charge is 0.293 e. The van der Waals surface area contributed by atoms with Crippen LogP contribution >= 0.6 is 11.3 Å². The average Bonchev–Trinajstić information content (AvgIpc) is 2.78. The van der Waals surface area contributed by atoms with Gasteiger partial charge in [0, 0.05) is 17.9 Å². The molecular weight excluding hydrogens is 230 g/mol. The maximum Gasteiger partial charge on any atom is 0.178 e. The van der Waals surface area contributed by atoms with Gasteiger partial charge in [0.2, 0.25) is 0 Å². The molecule has 0 aliphatic carbocycles. The SMILES string of the molecule is CC(=O)c1csc(-c2ccc(C(C)C)cc2)n1. The number of hydrogen-bond acceptors (Lipinski definition) is 3. The lowest BCUT2D eigenvalue weighted by molar-refractivity contribution is 0.101. The van der Waals surface area contributed by atoms with E-state index in [-0.39, 0.29) is 5.78 Å². The van der Waals surface area contributed by atoms with E-state index in [1.165, 1.54) is 16.9 Å². The number of Topliss-reactive ketones (excluding diaryl/α,β-unsaturated/α-hetero) is 1. The molecule has 0 amide bonds. The zero-order valence-electron chi connectivity index (χ0n) is 10.2. The summed E-state index contributed by atoms with van der Waals surface area (Å²) in [6, 6.07) is 8.37. The van der Waals surface area contributed by atoms with Crippen LogP contribution in [0.3, 0.4) is 0 Å². The molecule has 3 heteroatoms. The van der Waals surface area contributed by atoms with Gasteiger partial charge in [-0.15, -0.1) is 11.3 Å². The molecule has 0 aliphatic heterocycles. The Morgan fingerprint density at radius 2 is 1.88 bits per heavy atom. The van der Waals surface area contributed by atoms with Crippen LogP contribution in [0.15, 0.2) is 29.6 Å². The fourth-order valence-electron chi connectivity index (χ4n) is 1.58. The van der Waals surface area contributed by atoms with Crippen molar-refractivity contribution in [3.63, 3.8) is 0 Å². The Bertz CT molecular complexity index is 525. The number of ketones is 1. The van der Waals surface area contributed by atoms with E-state index >= 15 is 0 Å². The van der Waals surface area contributed by atoms with Crippen LogP contribution in [0.4, 0.5) is 0 Å². The lowest BCUT2D eigenvalue weighted by Gasteiger charge is -2.05. The molecule has 1 aromatic heterocycles. The molecule has 17 heavy (non-hydrogen) atoms. The molecule has 0 saturated carbocycles. The predicted molar refractivity (Wildman–Crippen MR) is 71.6 cm³/mol. The van der Waals surface area contributed by atoms with Crippen LogP contribution in [0.1, 0.15) is 42.7 Å². The van der Waals surface area contributed by atoms with Gasteiger partial charge >= 0.3 is 0 Å². The van der Waals surface area contributed by atoms with Crippen molar-refractivity contribution in [2.45, 2.75) is 26.7 Å². The third kappa shape index (κ3) is 2.61. The van der Waals surface area contributed by atoms with Crippen molar-refractivity contribution in [3.05, 3.63) is 40.9 Å². The molecule has 0 aliphatic rings. The van der Waals surface area contributed by atoms with E-state index < -0.39 is 0 Å². The van der Waals surface area contributed by atoms with Gasteiger partial charge in [0.15, 0.2) is 5.78 Å². The molecule has 88 valence electrons. The van der Waals surface area contributed by atoms with Gasteiger partial charge in [0.05, 0.1) is 0 Å². The van der Waals surface area contributed by atoms with Gasteiger partial charge < -0.3 is 0 Å². The number of nitrogens with zero attached hydrogens (tertiary/aromatic N) is 1. The van der Waals surface area contributed by atoms with Crippen molar-refractivity contribution in [1.29, 1.82) is 0 Å². The van der Waals surface area contributed by atoms with E-state index in [2.05, 4.69) is 43.1 Å². The number of rotatable bonds is 3. The fraction of sp³-hybridized carbons (Fsp3) is 0.286. The van der Waals surface area contributed by atoms with Crippen molar-refractivity contribution in [3.8, 4) is 10.6 Å². The molecule has 1 aromatic carbocycles. The quantitative estimate of drug-likeness (QED) is 0.761. The van der Waals surface area contributed by atoms with Crippen molar-refractivity contribution in [1.82, 2.24) is 4.98 Å². The molecular formula is C14H15NOS. The van der Waals surface area contributed by atoms with E-state index in [4.69, 9.17) is 0 Å². The summed E-state index contributed by atoms with van der Waals surface area (Å²) in [5.41, 5.74) is 2.95. The first kappa shape index (κ1) is 12.0. The number of carbonyl (C=O) groups is 1. The van der Waals surface area contributed by atoms with Gasteiger partial charge in [-0.25, -0.2) is 4.98 Å². The van der Waals surface area contributed by atoms with Crippen molar-refractivity contribution < 1.29 is 4.79 Å². The summed E-state index contributed by atoms with van der Waals surface area (Å²) < 4.78 is 0. The Morgan fingerprint density at radius 1 is 1.24 bits per heavy atom. The highest BCUT2D eigenvalue weighted by Gasteiger charge is 2.08. The predicted octanol–water partition coefficient (Wildman–Crippen LogP) is 4.14. The van der Waals surface area contributed by atoms with Gasteiger partial charge in [-0.1, -0.05) is 38.1 Å². The molecule has 0 atom stereocenters. The summed E-state index contributed by atoms with van der Waals surface area (Å²) >= 11 is 1.51. The van der Waals surface area contributed by atoms with Crippen LogP contribution in [0.2, 0.25) is 0 Å². The standard InChI is InChI=1S/C14H15NOS/c1-9(2)11-4-6-12(7-5-11)14-15-13(8-17-14)10(3)16/h4-9H,1-3H3. The van der Waals surface area contributed by atoms with Crippen LogP contribution in [0.5, 0.6) is 0 Å². The summed E-state index contributed by atoms with van der Waals surface area (Å²) in [6.45, 7) is 5.89. The third-order valence-corrected chi connectivity index (χ3v) is 3.58. The highest BCUT2D eigenvalue weighted by atomic mass is 32.1. The number of benzene rings is 1. The van der Waals surface area contributed by atoms with Gasteiger partial charge in [0.1, 0.15) is 10.7 Å². The normalized spacial score (nSPS) is 10.8. The monoisotopic (exact) mass is 245 g/mol. The van der Waals surface area contributed by atoms with Crippen LogP contribution in [-0.4, -0.2) is 10.8 Å². The molecule has 1 heterocycles. The molecule has 0 fully saturated rings. The highest BCUT2D eigenvalue weighted by molar-refractivity contribution is 7.13. The van der Waals surface area contributed by atoms with Crippen LogP contribution < -0.4 is 0 Å². The summed E-state index contributed by atoms with van der Waals surface area (Å²) in [7, 11) is 0. The first-order valence-electron chi connectivity index (χ1n) is 5.64. The molecule has 0 N–H and O–H groups in total. The lowest BCUT2D eigenvalue weighted by Crippen LogP contribution is -1.91. The smallest absolute Gasteiger partial charge is 0.178 e. The topological polar surface area (TPSA) is 30.0 Å². The number of carbonyl (C=O) groups excluding carboxylic acids is 1. The lowest BCUT2D eigenvalue weighted by atomic mass is 10.0. The van der Waals surface area contributed by atoms with Gasteiger partial charge in [0.25, 0.3) is 0 Å². The minimum Gasteiger partial charge on any atom is -0.293 e. The Morgan fingerprint density at radius 3 is 2.35 bits per heavy atom. The summed E-state index contributed by atoms with van der Waals surface area (Å²) in [6.07, 6.45) is 0. The van der Waals surface area contributed by atoms with E-state index in [0.717, 1.165) is 10.6 Å². The van der Waals surface area contributed by atoms with E-state index in [1.54, 1.807) is 6.92 Å². The molecule has 0 radical (unpaired) electrons. The Hall–Kier alpha value is -1.48. The molecule has 0 bridgehead atoms. The minimum absolute atomic E-state index is 0.0197. The second kappa shape index (κ2) is 4.80. The van der Waals surface area contributed by atoms with Crippen LogP contribution in [-0.2, 0) is 0 Å². The van der Waals surface area contributed by atoms with Crippen LogP contribution in [0, 0.1) is 0 Å². The number of thiazole rings is 1. The highest BCUT2D eigenvalue weighted by Crippen LogP contribution is 2.25. The first-order valence-corrected chi connectivity index (χ1v) is 6.52. The maximum atomic E-state index is 11.2. The van der Waals surface area contributed by atoms with Crippen LogP contribution in [0.25, 0.3) is 10.6 Å². The zero-order valence-corrected chi connectivity index (χ0v) is 11.0. The summed E-state index contributed by atoms with van der Waals surface area (Å²) in [4.78, 5) is 15.5. The Balaban J connectivity index is 2.30. The van der Waals surface area contributed by atoms with Crippen molar-refractivity contribution >= 4 is 17.1 Å². The molecule has 0 spiro atoms. The fourth-order valence-corrected chi connectivity index (χ4v) is 2.44. The molecule has 2 nitrogen and oxygen atoms in total. The maximum absolute atomic E-state index is 11.2. The summed E-state index contributed by atoms with van der Waals surface area (Å²) in [5, 5.41) is 2.72. The molecule has 0 saturated heterocycles. The second-order valence-electron chi connectivity index (χ2n) is 4.37. The average molecular weight is 245 g/mol. The molecule has 2 aromatic rings. The second-order valence-corrected chi connectivity index (χ2v) is 5.23. The van der Waals surface area contributed by atoms with Gasteiger partial charge in [-0.2, -0.15) is 0 Å². The van der Waals surface area contributed by atoms with Crippen molar-refractivity contribution in [2.75, 3.05) is 0 Å². The van der Waals surface area contributed by atoms with E-state index in [9.17, 15) is 4.79 Å². The number of aromatic nitrogens is 1. The molecule has 2 rings (SSSR count). The van der Waals surface area contributed by atoms with Crippen molar-refractivity contribution in [2.24, 2.45) is 0 Å². The zero-order chi connectivity index (χ0) is 12.4. The first-order chi connectivity index (χ1) is 8.08. The third-order valence-electron chi connectivity index (χ3n) is 2.69. The van der Waals surface area contributed by atoms with Gasteiger partial charge in [-0.3, -0.25) is 4.79 Å². The Kier molecular flexibility index (Phi) is 3.38. The van der Waals surface area contributed by atoms with E-state index in [1.807, 2.05) is 5.38 Å². The van der Waals surface area contributed by atoms with E-state index in [0.29, 0.717) is 11.6 Å². The number of hydrogen-bond donors (Lipinski definition) is 0. The molecule has 0 unspecified atom stereocenters. The van der Waals surface area contributed by atoms with Gasteiger partial charge in [-0.05, 0) is 11.5 Å².